The van der Waals surface area contributed by atoms with Crippen molar-refractivity contribution in [2.24, 2.45) is 0 Å². The molecule has 0 saturated heterocycles. The van der Waals surface area contributed by atoms with E-state index in [4.69, 9.17) is 17.0 Å². The summed E-state index contributed by atoms with van der Waals surface area (Å²) in [6, 6.07) is 12.1. The molecule has 3 rings (SSSR count). The summed E-state index contributed by atoms with van der Waals surface area (Å²) >= 11 is 5.29. The second-order valence-corrected chi connectivity index (χ2v) is 4.46. The van der Waals surface area contributed by atoms with Crippen LogP contribution in [-0.4, -0.2) is 16.7 Å². The number of nitrogens with one attached hydrogen (secondary N) is 1. The quantitative estimate of drug-likeness (QED) is 0.720. The number of para-hydroxylation sites is 2. The van der Waals surface area contributed by atoms with Gasteiger partial charge >= 0.3 is 0 Å². The number of ether oxygens (including phenoxy) is 1. The zero-order valence-electron chi connectivity index (χ0n) is 10.2. The average molecular weight is 274 g/mol. The molecule has 0 unspecified atom stereocenters. The van der Waals surface area contributed by atoms with Crippen molar-refractivity contribution in [1.29, 1.82) is 0 Å². The minimum absolute atomic E-state index is 0.317. The number of benzene rings is 2. The molecule has 0 radical (unpaired) electrons. The lowest BCUT2D eigenvalue weighted by atomic mass is 10.2. The van der Waals surface area contributed by atoms with Gasteiger partial charge in [0.25, 0.3) is 0 Å². The van der Waals surface area contributed by atoms with Gasteiger partial charge in [-0.1, -0.05) is 18.2 Å². The van der Waals surface area contributed by atoms with Crippen LogP contribution in [0, 0.1) is 10.6 Å². The molecule has 3 aromatic rings. The minimum atomic E-state index is -0.317. The molecule has 0 aliphatic heterocycles. The first-order valence-corrected chi connectivity index (χ1v) is 6.16. The van der Waals surface area contributed by atoms with Crippen LogP contribution in [0.3, 0.4) is 0 Å². The van der Waals surface area contributed by atoms with Crippen LogP contribution in [-0.2, 0) is 0 Å². The van der Waals surface area contributed by atoms with Gasteiger partial charge in [0.15, 0.2) is 4.77 Å². The van der Waals surface area contributed by atoms with Crippen molar-refractivity contribution in [2.45, 2.75) is 0 Å². The molecule has 0 fully saturated rings. The van der Waals surface area contributed by atoms with E-state index in [1.165, 1.54) is 6.07 Å². The maximum absolute atomic E-state index is 13.9. The number of imidazole rings is 1. The average Bonchev–Trinajstić information content (AvgIpc) is 2.75. The van der Waals surface area contributed by atoms with Gasteiger partial charge in [0.1, 0.15) is 17.1 Å². The molecule has 1 aromatic heterocycles. The lowest BCUT2D eigenvalue weighted by molar-refractivity contribution is 0.419. The normalized spacial score (nSPS) is 10.8. The van der Waals surface area contributed by atoms with Crippen LogP contribution in [0.1, 0.15) is 0 Å². The highest BCUT2D eigenvalue weighted by atomic mass is 32.1. The molecule has 0 aliphatic carbocycles. The standard InChI is InChI=1S/C14H11FN2OS/c1-18-12-8-4-7-11-13(12)16-14(19)17(11)10-6-3-2-5-9(10)15/h2-8H,1H3,(H,16,19). The van der Waals surface area contributed by atoms with Crippen molar-refractivity contribution >= 4 is 23.3 Å². The highest BCUT2D eigenvalue weighted by molar-refractivity contribution is 7.71. The molecule has 5 heteroatoms. The van der Waals surface area contributed by atoms with Crippen molar-refractivity contribution < 1.29 is 9.13 Å². The summed E-state index contributed by atoms with van der Waals surface area (Å²) in [4.78, 5) is 3.06. The molecule has 0 aliphatic rings. The maximum atomic E-state index is 13.9. The van der Waals surface area contributed by atoms with Gasteiger partial charge in [0, 0.05) is 0 Å². The number of nitrogens with zero attached hydrogens (tertiary/aromatic N) is 1. The number of hydrogen-bond acceptors (Lipinski definition) is 2. The summed E-state index contributed by atoms with van der Waals surface area (Å²) in [5.74, 6) is 0.362. The van der Waals surface area contributed by atoms with Crippen molar-refractivity contribution in [1.82, 2.24) is 9.55 Å². The van der Waals surface area contributed by atoms with E-state index in [1.54, 1.807) is 29.9 Å². The Morgan fingerprint density at radius 3 is 2.68 bits per heavy atom. The third-order valence-corrected chi connectivity index (χ3v) is 3.28. The van der Waals surface area contributed by atoms with Crippen LogP contribution in [0.4, 0.5) is 4.39 Å². The number of halogens is 1. The molecule has 0 amide bonds. The number of fused-ring (bicyclic) bond motifs is 1. The Morgan fingerprint density at radius 1 is 1.16 bits per heavy atom. The topological polar surface area (TPSA) is 29.9 Å². The SMILES string of the molecule is COc1cccc2c1[nH]c(=S)n2-c1ccccc1F. The third kappa shape index (κ3) is 1.82. The fourth-order valence-corrected chi connectivity index (χ4v) is 2.44. The Labute approximate surface area is 114 Å². The Hall–Kier alpha value is -2.14. The molecule has 0 atom stereocenters. The summed E-state index contributed by atoms with van der Waals surface area (Å²) in [7, 11) is 1.59. The van der Waals surface area contributed by atoms with Crippen molar-refractivity contribution in [3.63, 3.8) is 0 Å². The van der Waals surface area contributed by atoms with Gasteiger partial charge in [-0.05, 0) is 36.5 Å². The number of methoxy groups -OCH3 is 1. The molecule has 1 heterocycles. The monoisotopic (exact) mass is 274 g/mol. The summed E-state index contributed by atoms with van der Waals surface area (Å²) in [5, 5.41) is 0. The number of aromatic nitrogens is 2. The fraction of sp³-hybridized carbons (Fsp3) is 0.0714. The van der Waals surface area contributed by atoms with E-state index in [-0.39, 0.29) is 5.82 Å². The molecule has 19 heavy (non-hydrogen) atoms. The summed E-state index contributed by atoms with van der Waals surface area (Å²) in [5.41, 5.74) is 1.97. The summed E-state index contributed by atoms with van der Waals surface area (Å²) in [6.07, 6.45) is 0. The number of aromatic amines is 1. The van der Waals surface area contributed by atoms with Gasteiger partial charge in [-0.15, -0.1) is 0 Å². The summed E-state index contributed by atoms with van der Waals surface area (Å²) in [6.45, 7) is 0. The molecule has 96 valence electrons. The van der Waals surface area contributed by atoms with E-state index < -0.39 is 0 Å². The Kier molecular flexibility index (Phi) is 2.83. The highest BCUT2D eigenvalue weighted by Crippen LogP contribution is 2.27. The molecule has 2 aromatic carbocycles. The molecule has 3 nitrogen and oxygen atoms in total. The number of hydrogen-bond donors (Lipinski definition) is 1. The Morgan fingerprint density at radius 2 is 1.95 bits per heavy atom. The number of rotatable bonds is 2. The minimum Gasteiger partial charge on any atom is -0.494 e. The number of H-pyrrole nitrogens is 1. The van der Waals surface area contributed by atoms with Gasteiger partial charge in [0.2, 0.25) is 0 Å². The van der Waals surface area contributed by atoms with E-state index in [9.17, 15) is 4.39 Å². The Balaban J connectivity index is 2.40. The zero-order chi connectivity index (χ0) is 13.4. The van der Waals surface area contributed by atoms with Gasteiger partial charge < -0.3 is 9.72 Å². The van der Waals surface area contributed by atoms with E-state index in [0.717, 1.165) is 11.0 Å². The smallest absolute Gasteiger partial charge is 0.182 e. The maximum Gasteiger partial charge on any atom is 0.182 e. The van der Waals surface area contributed by atoms with E-state index in [1.807, 2.05) is 18.2 Å². The molecule has 0 saturated carbocycles. The van der Waals surface area contributed by atoms with E-state index in [0.29, 0.717) is 16.2 Å². The third-order valence-electron chi connectivity index (χ3n) is 2.99. The largest absolute Gasteiger partial charge is 0.494 e. The first-order valence-electron chi connectivity index (χ1n) is 5.75. The molecule has 0 spiro atoms. The first-order chi connectivity index (χ1) is 9.22. The van der Waals surface area contributed by atoms with Gasteiger partial charge in [-0.2, -0.15) is 0 Å². The van der Waals surface area contributed by atoms with Crippen LogP contribution in [0.5, 0.6) is 5.75 Å². The lowest BCUT2D eigenvalue weighted by Crippen LogP contribution is -1.97. The Bertz CT molecular complexity index is 807. The molecule has 1 N–H and O–H groups in total. The van der Waals surface area contributed by atoms with E-state index in [2.05, 4.69) is 4.98 Å². The van der Waals surface area contributed by atoms with Crippen molar-refractivity contribution in [2.75, 3.05) is 7.11 Å². The first kappa shape index (κ1) is 11.9. The molecule has 0 bridgehead atoms. The van der Waals surface area contributed by atoms with Crippen LogP contribution in [0.15, 0.2) is 42.5 Å². The fourth-order valence-electron chi connectivity index (χ4n) is 2.15. The summed E-state index contributed by atoms with van der Waals surface area (Å²) < 4.78 is 21.3. The van der Waals surface area contributed by atoms with Crippen LogP contribution in [0.25, 0.3) is 16.7 Å². The zero-order valence-corrected chi connectivity index (χ0v) is 11.0. The molecular weight excluding hydrogens is 263 g/mol. The van der Waals surface area contributed by atoms with Crippen molar-refractivity contribution in [3.05, 3.63) is 53.1 Å². The second kappa shape index (κ2) is 4.51. The van der Waals surface area contributed by atoms with E-state index >= 15 is 0 Å². The van der Waals surface area contributed by atoms with Gasteiger partial charge in [0.05, 0.1) is 18.3 Å². The van der Waals surface area contributed by atoms with Gasteiger partial charge in [-0.25, -0.2) is 4.39 Å². The van der Waals surface area contributed by atoms with Crippen LogP contribution in [0.2, 0.25) is 0 Å². The van der Waals surface area contributed by atoms with Crippen LogP contribution < -0.4 is 4.74 Å². The van der Waals surface area contributed by atoms with Crippen LogP contribution >= 0.6 is 12.2 Å². The predicted octanol–water partition coefficient (Wildman–Crippen LogP) is 3.84. The second-order valence-electron chi connectivity index (χ2n) is 4.07. The predicted molar refractivity (Wildman–Crippen MR) is 75.0 cm³/mol. The highest BCUT2D eigenvalue weighted by Gasteiger charge is 2.12. The molecular formula is C14H11FN2OS. The van der Waals surface area contributed by atoms with Crippen molar-refractivity contribution in [3.8, 4) is 11.4 Å². The van der Waals surface area contributed by atoms with Gasteiger partial charge in [-0.3, -0.25) is 4.57 Å². The lowest BCUT2D eigenvalue weighted by Gasteiger charge is -2.06.